The Morgan fingerprint density at radius 3 is 2.52 bits per heavy atom. The van der Waals surface area contributed by atoms with Crippen molar-refractivity contribution in [3.8, 4) is 5.75 Å². The zero-order valence-electron chi connectivity index (χ0n) is 22.1. The monoisotopic (exact) mass is 579 g/mol. The minimum absolute atomic E-state index is 0.154. The van der Waals surface area contributed by atoms with Crippen LogP contribution in [0, 0.1) is 0 Å². The number of thiazole rings is 1. The van der Waals surface area contributed by atoms with E-state index in [-0.39, 0.29) is 18.4 Å². The van der Waals surface area contributed by atoms with E-state index in [0.717, 1.165) is 40.3 Å². The van der Waals surface area contributed by atoms with Crippen molar-refractivity contribution < 1.29 is 19.1 Å². The Hall–Kier alpha value is -3.70. The maximum Gasteiger partial charge on any atom is 0.326 e. The average Bonchev–Trinajstić information content (AvgIpc) is 3.37. The molecule has 0 aliphatic carbocycles. The van der Waals surface area contributed by atoms with E-state index < -0.39 is 0 Å². The van der Waals surface area contributed by atoms with Crippen LogP contribution in [0.4, 0.5) is 21.3 Å². The van der Waals surface area contributed by atoms with Crippen molar-refractivity contribution in [3.63, 3.8) is 0 Å². The molecule has 5 rings (SSSR count). The smallest absolute Gasteiger partial charge is 0.326 e. The third-order valence-electron chi connectivity index (χ3n) is 6.54. The third kappa shape index (κ3) is 7.28. The molecule has 208 valence electrons. The van der Waals surface area contributed by atoms with Gasteiger partial charge in [0.25, 0.3) is 0 Å². The average molecular weight is 580 g/mol. The van der Waals surface area contributed by atoms with Crippen molar-refractivity contribution in [2.24, 2.45) is 0 Å². The Bertz CT molecular complexity index is 1460. The number of amides is 3. The lowest BCUT2D eigenvalue weighted by Gasteiger charge is -2.30. The van der Waals surface area contributed by atoms with Gasteiger partial charge in [0.2, 0.25) is 5.91 Å². The van der Waals surface area contributed by atoms with Crippen molar-refractivity contribution in [1.29, 1.82) is 0 Å². The number of fused-ring (bicyclic) bond motifs is 1. The largest absolute Gasteiger partial charge is 0.497 e. The molecule has 0 spiro atoms. The predicted molar refractivity (Wildman–Crippen MR) is 160 cm³/mol. The van der Waals surface area contributed by atoms with Crippen molar-refractivity contribution in [2.45, 2.75) is 6.42 Å². The van der Waals surface area contributed by atoms with Crippen LogP contribution in [0.5, 0.6) is 5.75 Å². The highest BCUT2D eigenvalue weighted by molar-refractivity contribution is 7.22. The molecule has 2 heterocycles. The molecule has 0 atom stereocenters. The molecule has 40 heavy (non-hydrogen) atoms. The molecule has 0 bridgehead atoms. The minimum Gasteiger partial charge on any atom is -0.497 e. The van der Waals surface area contributed by atoms with Gasteiger partial charge in [-0.2, -0.15) is 0 Å². The van der Waals surface area contributed by atoms with E-state index in [4.69, 9.17) is 21.1 Å². The number of nitrogens with zero attached hydrogens (tertiary/aromatic N) is 3. The Balaban J connectivity index is 1.31. The molecule has 9 nitrogen and oxygen atoms in total. The Labute approximate surface area is 241 Å². The van der Waals surface area contributed by atoms with E-state index in [1.54, 1.807) is 36.3 Å². The maximum absolute atomic E-state index is 13.4. The normalized spacial score (nSPS) is 13.7. The number of methoxy groups -OCH3 is 1. The van der Waals surface area contributed by atoms with Gasteiger partial charge >= 0.3 is 6.03 Å². The molecule has 2 N–H and O–H groups in total. The first-order valence-electron chi connectivity index (χ1n) is 12.9. The molecule has 11 heteroatoms. The van der Waals surface area contributed by atoms with E-state index in [0.29, 0.717) is 42.1 Å². The number of morpholine rings is 1. The fourth-order valence-corrected chi connectivity index (χ4v) is 5.41. The van der Waals surface area contributed by atoms with Crippen LogP contribution in [-0.4, -0.2) is 68.3 Å². The Morgan fingerprint density at radius 1 is 1.05 bits per heavy atom. The zero-order valence-corrected chi connectivity index (χ0v) is 23.6. The summed E-state index contributed by atoms with van der Waals surface area (Å²) < 4.78 is 11.5. The molecular weight excluding hydrogens is 550 g/mol. The predicted octanol–water partition coefficient (Wildman–Crippen LogP) is 5.51. The number of aromatic nitrogens is 1. The number of halogens is 1. The molecule has 3 aromatic carbocycles. The van der Waals surface area contributed by atoms with E-state index in [9.17, 15) is 9.59 Å². The summed E-state index contributed by atoms with van der Waals surface area (Å²) in [5.74, 6) is 0.589. The maximum atomic E-state index is 13.4. The van der Waals surface area contributed by atoms with Crippen LogP contribution in [0.1, 0.15) is 5.56 Å². The zero-order chi connectivity index (χ0) is 27.9. The minimum atomic E-state index is -0.243. The van der Waals surface area contributed by atoms with Gasteiger partial charge in [-0.15, -0.1) is 0 Å². The lowest BCUT2D eigenvalue weighted by Crippen LogP contribution is -2.44. The number of benzene rings is 3. The van der Waals surface area contributed by atoms with Crippen LogP contribution >= 0.6 is 22.9 Å². The number of hydrogen-bond acceptors (Lipinski definition) is 7. The van der Waals surface area contributed by atoms with E-state index >= 15 is 0 Å². The Morgan fingerprint density at radius 2 is 1.80 bits per heavy atom. The summed E-state index contributed by atoms with van der Waals surface area (Å²) in [6, 6.07) is 19.9. The molecule has 3 amide bonds. The summed E-state index contributed by atoms with van der Waals surface area (Å²) in [5.41, 5.74) is 3.03. The van der Waals surface area contributed by atoms with E-state index in [1.165, 1.54) is 11.3 Å². The van der Waals surface area contributed by atoms with Crippen molar-refractivity contribution in [1.82, 2.24) is 9.88 Å². The summed E-state index contributed by atoms with van der Waals surface area (Å²) >= 11 is 7.38. The molecule has 1 aliphatic rings. The second-order valence-corrected chi connectivity index (χ2v) is 10.8. The van der Waals surface area contributed by atoms with Crippen LogP contribution < -0.4 is 20.3 Å². The number of rotatable bonds is 9. The van der Waals surface area contributed by atoms with Gasteiger partial charge in [-0.25, -0.2) is 9.78 Å². The van der Waals surface area contributed by atoms with Gasteiger partial charge in [-0.3, -0.25) is 14.6 Å². The van der Waals surface area contributed by atoms with E-state index in [1.807, 2.05) is 42.5 Å². The molecular formula is C29H30ClN5O4S. The first-order chi connectivity index (χ1) is 19.5. The third-order valence-corrected chi connectivity index (χ3v) is 7.72. The molecule has 0 radical (unpaired) electrons. The summed E-state index contributed by atoms with van der Waals surface area (Å²) in [4.78, 5) is 34.7. The van der Waals surface area contributed by atoms with E-state index in [2.05, 4.69) is 20.5 Å². The number of ether oxygens (including phenoxy) is 2. The van der Waals surface area contributed by atoms with Gasteiger partial charge < -0.3 is 20.1 Å². The van der Waals surface area contributed by atoms with Crippen molar-refractivity contribution in [2.75, 3.05) is 62.0 Å². The lowest BCUT2D eigenvalue weighted by molar-refractivity contribution is -0.115. The number of nitrogens with one attached hydrogen (secondary N) is 2. The van der Waals surface area contributed by atoms with Gasteiger partial charge in [0.05, 0.1) is 37.0 Å². The number of carbonyl (C=O) groups excluding carboxylic acids is 2. The molecule has 0 unspecified atom stereocenters. The van der Waals surface area contributed by atoms with Crippen LogP contribution in [0.3, 0.4) is 0 Å². The molecule has 0 saturated carbocycles. The number of carbonyl (C=O) groups is 2. The van der Waals surface area contributed by atoms with Crippen molar-refractivity contribution >= 4 is 61.6 Å². The van der Waals surface area contributed by atoms with Gasteiger partial charge in [0.1, 0.15) is 5.75 Å². The fourth-order valence-electron chi connectivity index (χ4n) is 4.37. The van der Waals surface area contributed by atoms with Crippen LogP contribution in [0.2, 0.25) is 5.02 Å². The number of hydrogen-bond donors (Lipinski definition) is 2. The van der Waals surface area contributed by atoms with Gasteiger partial charge in [0, 0.05) is 42.6 Å². The summed E-state index contributed by atoms with van der Waals surface area (Å²) in [7, 11) is 1.61. The Kier molecular flexibility index (Phi) is 9.12. The van der Waals surface area contributed by atoms with Crippen LogP contribution in [0.15, 0.2) is 66.7 Å². The topological polar surface area (TPSA) is 96.0 Å². The SMILES string of the molecule is COc1ccc(CC(=O)Nc2nc3ccc(N(CCN4CCOCC4)C(=O)Nc4ccc(Cl)cc4)cc3s2)cc1. The highest BCUT2D eigenvalue weighted by Gasteiger charge is 2.20. The van der Waals surface area contributed by atoms with Crippen LogP contribution in [-0.2, 0) is 16.0 Å². The highest BCUT2D eigenvalue weighted by Crippen LogP contribution is 2.30. The molecule has 1 aliphatic heterocycles. The van der Waals surface area contributed by atoms with Gasteiger partial charge in [0.15, 0.2) is 5.13 Å². The summed E-state index contributed by atoms with van der Waals surface area (Å²) in [6.45, 7) is 4.26. The number of urea groups is 1. The molecule has 4 aromatic rings. The van der Waals surface area contributed by atoms with Crippen LogP contribution in [0.25, 0.3) is 10.2 Å². The second-order valence-electron chi connectivity index (χ2n) is 9.29. The lowest BCUT2D eigenvalue weighted by atomic mass is 10.1. The van der Waals surface area contributed by atoms with Gasteiger partial charge in [-0.05, 0) is 60.2 Å². The van der Waals surface area contributed by atoms with Crippen molar-refractivity contribution in [3.05, 3.63) is 77.3 Å². The molecule has 1 aromatic heterocycles. The number of anilines is 3. The molecule has 1 fully saturated rings. The standard InChI is InChI=1S/C29H30ClN5O4S/c1-38-24-9-2-20(3-10-24)18-27(36)33-28-32-25-11-8-23(19-26(25)40-28)35(13-12-34-14-16-39-17-15-34)29(37)31-22-6-4-21(30)5-7-22/h2-11,19H,12-18H2,1H3,(H,31,37)(H,32,33,36). The first-order valence-corrected chi connectivity index (χ1v) is 14.1. The van der Waals surface area contributed by atoms with Gasteiger partial charge in [-0.1, -0.05) is 35.1 Å². The summed E-state index contributed by atoms with van der Waals surface area (Å²) in [6.07, 6.45) is 0.228. The molecule has 1 saturated heterocycles. The quantitative estimate of drug-likeness (QED) is 0.271. The second kappa shape index (κ2) is 13.1. The highest BCUT2D eigenvalue weighted by atomic mass is 35.5. The summed E-state index contributed by atoms with van der Waals surface area (Å²) in [5, 5.41) is 6.99. The fraction of sp³-hybridized carbons (Fsp3) is 0.276. The first kappa shape index (κ1) is 27.9.